The molecule has 3 rings (SSSR count). The lowest BCUT2D eigenvalue weighted by atomic mass is 10.2. The summed E-state index contributed by atoms with van der Waals surface area (Å²) in [6.07, 6.45) is 0. The zero-order valence-corrected chi connectivity index (χ0v) is 9.51. The Bertz CT molecular complexity index is 738. The highest BCUT2D eigenvalue weighted by Gasteiger charge is 2.16. The Morgan fingerprint density at radius 3 is 2.72 bits per heavy atom. The second kappa shape index (κ2) is 3.73. The van der Waals surface area contributed by atoms with Gasteiger partial charge in [-0.15, -0.1) is 0 Å². The van der Waals surface area contributed by atoms with Gasteiger partial charge in [0, 0.05) is 0 Å². The van der Waals surface area contributed by atoms with Crippen LogP contribution in [-0.4, -0.2) is 16.1 Å². The molecule has 2 heterocycles. The van der Waals surface area contributed by atoms with Crippen LogP contribution in [0, 0.1) is 6.92 Å². The van der Waals surface area contributed by atoms with Crippen molar-refractivity contribution in [1.29, 1.82) is 0 Å². The number of furan rings is 1. The van der Waals surface area contributed by atoms with Gasteiger partial charge in [0.2, 0.25) is 0 Å². The van der Waals surface area contributed by atoms with Crippen molar-refractivity contribution < 1.29 is 18.7 Å². The molecule has 0 spiro atoms. The minimum absolute atomic E-state index is 0.0922. The Morgan fingerprint density at radius 1 is 1.22 bits per heavy atom. The van der Waals surface area contributed by atoms with Gasteiger partial charge in [-0.05, 0) is 31.2 Å². The number of para-hydroxylation sites is 1. The van der Waals surface area contributed by atoms with Crippen molar-refractivity contribution >= 4 is 17.1 Å². The third-order valence-electron chi connectivity index (χ3n) is 2.60. The first-order chi connectivity index (χ1) is 8.65. The molecule has 0 saturated carbocycles. The predicted molar refractivity (Wildman–Crippen MR) is 63.4 cm³/mol. The first-order valence-electron chi connectivity index (χ1n) is 5.35. The Labute approximate surface area is 102 Å². The van der Waals surface area contributed by atoms with Crippen LogP contribution in [0.1, 0.15) is 16.1 Å². The number of aryl methyl sites for hydroxylation is 1. The van der Waals surface area contributed by atoms with Gasteiger partial charge >= 0.3 is 5.97 Å². The highest BCUT2D eigenvalue weighted by molar-refractivity contribution is 6.00. The quantitative estimate of drug-likeness (QED) is 0.748. The highest BCUT2D eigenvalue weighted by atomic mass is 16.4. The lowest BCUT2D eigenvalue weighted by Crippen LogP contribution is -1.95. The number of aromatic nitrogens is 1. The maximum atomic E-state index is 11.1. The molecule has 3 aromatic rings. The fourth-order valence-electron chi connectivity index (χ4n) is 1.77. The van der Waals surface area contributed by atoms with E-state index in [0.29, 0.717) is 11.3 Å². The summed E-state index contributed by atoms with van der Waals surface area (Å²) in [7, 11) is 0. The molecule has 1 aromatic carbocycles. The second-order valence-electron chi connectivity index (χ2n) is 3.89. The number of carbonyl (C=O) groups is 1. The first kappa shape index (κ1) is 10.6. The van der Waals surface area contributed by atoms with Crippen molar-refractivity contribution in [3.05, 3.63) is 41.7 Å². The van der Waals surface area contributed by atoms with Crippen LogP contribution < -0.4 is 0 Å². The molecule has 0 amide bonds. The number of hydrogen-bond donors (Lipinski definition) is 1. The number of fused-ring (bicyclic) bond motifs is 1. The van der Waals surface area contributed by atoms with Gasteiger partial charge < -0.3 is 13.9 Å². The molecule has 0 saturated heterocycles. The summed E-state index contributed by atoms with van der Waals surface area (Å²) in [4.78, 5) is 15.3. The number of carboxylic acids is 1. The van der Waals surface area contributed by atoms with Gasteiger partial charge in [-0.3, -0.25) is 0 Å². The highest BCUT2D eigenvalue weighted by Crippen LogP contribution is 2.27. The van der Waals surface area contributed by atoms with E-state index >= 15 is 0 Å². The molecule has 0 aliphatic carbocycles. The molecular formula is C13H9NO4. The third kappa shape index (κ3) is 1.57. The number of aromatic carboxylic acids is 1. The standard InChI is InChI=1S/C13H9NO4/c1-7-5-6-10(17-7)12-14-9-4-2-3-8(13(15)16)11(9)18-12/h2-6H,1H3,(H,15,16). The average Bonchev–Trinajstić information content (AvgIpc) is 2.93. The van der Waals surface area contributed by atoms with Gasteiger partial charge in [0.15, 0.2) is 11.3 Å². The van der Waals surface area contributed by atoms with Gasteiger partial charge in [-0.2, -0.15) is 0 Å². The maximum Gasteiger partial charge on any atom is 0.339 e. The SMILES string of the molecule is Cc1ccc(-c2nc3cccc(C(=O)O)c3o2)o1. The Hall–Kier alpha value is -2.56. The van der Waals surface area contributed by atoms with Crippen molar-refractivity contribution in [2.75, 3.05) is 0 Å². The smallest absolute Gasteiger partial charge is 0.339 e. The van der Waals surface area contributed by atoms with Crippen LogP contribution in [0.5, 0.6) is 0 Å². The van der Waals surface area contributed by atoms with E-state index in [9.17, 15) is 4.79 Å². The van der Waals surface area contributed by atoms with E-state index in [0.717, 1.165) is 5.76 Å². The van der Waals surface area contributed by atoms with Gasteiger partial charge in [-0.25, -0.2) is 9.78 Å². The van der Waals surface area contributed by atoms with Crippen molar-refractivity contribution in [1.82, 2.24) is 4.98 Å². The van der Waals surface area contributed by atoms with E-state index in [1.165, 1.54) is 6.07 Å². The molecule has 5 heteroatoms. The number of hydrogen-bond acceptors (Lipinski definition) is 4. The van der Waals surface area contributed by atoms with E-state index in [2.05, 4.69) is 4.98 Å². The fraction of sp³-hybridized carbons (Fsp3) is 0.0769. The number of rotatable bonds is 2. The minimum Gasteiger partial charge on any atom is -0.478 e. The molecule has 0 bridgehead atoms. The molecule has 2 aromatic heterocycles. The summed E-state index contributed by atoms with van der Waals surface area (Å²) in [6, 6.07) is 8.34. The van der Waals surface area contributed by atoms with Crippen molar-refractivity contribution in [2.24, 2.45) is 0 Å². The molecule has 0 radical (unpaired) electrons. The number of oxazole rings is 1. The zero-order chi connectivity index (χ0) is 12.7. The van der Waals surface area contributed by atoms with Crippen LogP contribution in [0.25, 0.3) is 22.8 Å². The summed E-state index contributed by atoms with van der Waals surface area (Å²) in [5.74, 6) is 0.469. The van der Waals surface area contributed by atoms with E-state index in [1.54, 1.807) is 24.3 Å². The molecule has 1 N–H and O–H groups in total. The number of carboxylic acid groups (broad SMARTS) is 1. The van der Waals surface area contributed by atoms with E-state index in [1.807, 2.05) is 6.92 Å². The first-order valence-corrected chi connectivity index (χ1v) is 5.35. The van der Waals surface area contributed by atoms with E-state index < -0.39 is 5.97 Å². The monoisotopic (exact) mass is 243 g/mol. The van der Waals surface area contributed by atoms with Gasteiger partial charge in [-0.1, -0.05) is 6.07 Å². The van der Waals surface area contributed by atoms with Crippen LogP contribution in [0.4, 0.5) is 0 Å². The molecular weight excluding hydrogens is 234 g/mol. The van der Waals surface area contributed by atoms with Crippen LogP contribution in [0.3, 0.4) is 0 Å². The van der Waals surface area contributed by atoms with Crippen LogP contribution in [0.15, 0.2) is 39.2 Å². The summed E-state index contributed by atoms with van der Waals surface area (Å²) in [5.41, 5.74) is 0.850. The molecule has 0 aliphatic heterocycles. The predicted octanol–water partition coefficient (Wildman–Crippen LogP) is 3.09. The molecule has 5 nitrogen and oxygen atoms in total. The largest absolute Gasteiger partial charge is 0.478 e. The lowest BCUT2D eigenvalue weighted by Gasteiger charge is -1.92. The lowest BCUT2D eigenvalue weighted by molar-refractivity contribution is 0.0698. The Balaban J connectivity index is 2.22. The topological polar surface area (TPSA) is 76.5 Å². The van der Waals surface area contributed by atoms with Crippen molar-refractivity contribution in [3.63, 3.8) is 0 Å². The van der Waals surface area contributed by atoms with E-state index in [-0.39, 0.29) is 17.0 Å². The normalized spacial score (nSPS) is 10.9. The second-order valence-corrected chi connectivity index (χ2v) is 3.89. The van der Waals surface area contributed by atoms with Gasteiger partial charge in [0.25, 0.3) is 5.89 Å². The maximum absolute atomic E-state index is 11.1. The minimum atomic E-state index is -1.04. The number of nitrogens with zero attached hydrogens (tertiary/aromatic N) is 1. The third-order valence-corrected chi connectivity index (χ3v) is 2.60. The summed E-state index contributed by atoms with van der Waals surface area (Å²) >= 11 is 0. The molecule has 0 aliphatic rings. The molecule has 0 fully saturated rings. The zero-order valence-electron chi connectivity index (χ0n) is 9.51. The van der Waals surface area contributed by atoms with Gasteiger partial charge in [0.1, 0.15) is 16.8 Å². The van der Waals surface area contributed by atoms with Crippen LogP contribution in [-0.2, 0) is 0 Å². The molecule has 90 valence electrons. The molecule has 18 heavy (non-hydrogen) atoms. The number of benzene rings is 1. The van der Waals surface area contributed by atoms with E-state index in [4.69, 9.17) is 13.9 Å². The molecule has 0 atom stereocenters. The van der Waals surface area contributed by atoms with Crippen molar-refractivity contribution in [2.45, 2.75) is 6.92 Å². The summed E-state index contributed by atoms with van der Waals surface area (Å²) in [5, 5.41) is 9.06. The summed E-state index contributed by atoms with van der Waals surface area (Å²) in [6.45, 7) is 1.81. The Morgan fingerprint density at radius 2 is 2.06 bits per heavy atom. The Kier molecular flexibility index (Phi) is 2.19. The van der Waals surface area contributed by atoms with Crippen LogP contribution >= 0.6 is 0 Å². The van der Waals surface area contributed by atoms with Crippen LogP contribution in [0.2, 0.25) is 0 Å². The van der Waals surface area contributed by atoms with Gasteiger partial charge in [0.05, 0.1) is 0 Å². The summed E-state index contributed by atoms with van der Waals surface area (Å²) < 4.78 is 10.9. The fourth-order valence-corrected chi connectivity index (χ4v) is 1.77. The average molecular weight is 243 g/mol. The molecule has 0 unspecified atom stereocenters. The van der Waals surface area contributed by atoms with Crippen molar-refractivity contribution in [3.8, 4) is 11.7 Å².